The van der Waals surface area contributed by atoms with E-state index in [4.69, 9.17) is 11.6 Å². The summed E-state index contributed by atoms with van der Waals surface area (Å²) in [5.74, 6) is -0.428. The van der Waals surface area contributed by atoms with Crippen molar-refractivity contribution in [2.24, 2.45) is 0 Å². The fraction of sp³-hybridized carbons (Fsp3) is 0.200. The van der Waals surface area contributed by atoms with Gasteiger partial charge in [0.25, 0.3) is 5.91 Å². The number of hydrogen-bond donors (Lipinski definition) is 0. The second kappa shape index (κ2) is 5.04. The minimum Gasteiger partial charge on any atom is -0.281 e. The molecule has 0 radical (unpaired) electrons. The standard InChI is InChI=1S/C15H12ClNO2S/c1-17-13(18)7-9-2-3-10(6-12(9)15(17)19)14(16)11-4-5-20-8-11/h2-6,8,14H,7H2,1H3. The molecule has 0 N–H and O–H groups in total. The largest absolute Gasteiger partial charge is 0.281 e. The van der Waals surface area contributed by atoms with E-state index in [-0.39, 0.29) is 23.6 Å². The zero-order valence-corrected chi connectivity index (χ0v) is 12.4. The summed E-state index contributed by atoms with van der Waals surface area (Å²) in [6.07, 6.45) is 0.267. The van der Waals surface area contributed by atoms with Crippen molar-refractivity contribution in [3.63, 3.8) is 0 Å². The van der Waals surface area contributed by atoms with Crippen molar-refractivity contribution in [2.75, 3.05) is 7.05 Å². The van der Waals surface area contributed by atoms with E-state index < -0.39 is 0 Å². The van der Waals surface area contributed by atoms with Gasteiger partial charge in [0, 0.05) is 12.6 Å². The van der Waals surface area contributed by atoms with Crippen molar-refractivity contribution in [1.82, 2.24) is 4.90 Å². The van der Waals surface area contributed by atoms with E-state index in [1.807, 2.05) is 29.0 Å². The summed E-state index contributed by atoms with van der Waals surface area (Å²) in [6, 6.07) is 7.49. The number of halogens is 1. The van der Waals surface area contributed by atoms with Crippen molar-refractivity contribution in [1.29, 1.82) is 0 Å². The van der Waals surface area contributed by atoms with E-state index in [1.165, 1.54) is 11.9 Å². The third kappa shape index (κ3) is 2.15. The number of amides is 2. The lowest BCUT2D eigenvalue weighted by Gasteiger charge is -2.24. The van der Waals surface area contributed by atoms with Crippen LogP contribution in [-0.4, -0.2) is 23.8 Å². The van der Waals surface area contributed by atoms with Crippen LogP contribution in [0.15, 0.2) is 35.0 Å². The van der Waals surface area contributed by atoms with Crippen LogP contribution in [0.2, 0.25) is 0 Å². The first-order chi connectivity index (χ1) is 9.58. The van der Waals surface area contributed by atoms with Crippen LogP contribution >= 0.6 is 22.9 Å². The molecule has 2 aromatic rings. The van der Waals surface area contributed by atoms with Gasteiger partial charge in [-0.2, -0.15) is 11.3 Å². The molecule has 3 nitrogen and oxygen atoms in total. The zero-order valence-electron chi connectivity index (χ0n) is 10.8. The first-order valence-corrected chi connectivity index (χ1v) is 7.55. The topological polar surface area (TPSA) is 37.4 Å². The second-order valence-corrected chi connectivity index (χ2v) is 5.99. The van der Waals surface area contributed by atoms with Crippen LogP contribution < -0.4 is 0 Å². The summed E-state index contributed by atoms with van der Waals surface area (Å²) in [6.45, 7) is 0. The van der Waals surface area contributed by atoms with Crippen molar-refractivity contribution in [3.05, 3.63) is 57.3 Å². The molecule has 0 aliphatic carbocycles. The number of thiophene rings is 1. The molecular weight excluding hydrogens is 294 g/mol. The highest BCUT2D eigenvalue weighted by molar-refractivity contribution is 7.08. The Balaban J connectivity index is 2.01. The molecule has 1 aromatic carbocycles. The van der Waals surface area contributed by atoms with Gasteiger partial charge in [0.2, 0.25) is 5.91 Å². The van der Waals surface area contributed by atoms with Gasteiger partial charge in [-0.15, -0.1) is 11.6 Å². The van der Waals surface area contributed by atoms with E-state index in [1.54, 1.807) is 17.4 Å². The van der Waals surface area contributed by atoms with E-state index in [2.05, 4.69) is 0 Å². The highest BCUT2D eigenvalue weighted by Gasteiger charge is 2.28. The van der Waals surface area contributed by atoms with Crippen molar-refractivity contribution in [2.45, 2.75) is 11.8 Å². The number of hydrogen-bond acceptors (Lipinski definition) is 3. The summed E-state index contributed by atoms with van der Waals surface area (Å²) in [7, 11) is 1.51. The van der Waals surface area contributed by atoms with Crippen LogP contribution in [-0.2, 0) is 11.2 Å². The SMILES string of the molecule is CN1C(=O)Cc2ccc(C(Cl)c3ccsc3)cc2C1=O. The number of rotatable bonds is 2. The number of alkyl halides is 1. The average Bonchev–Trinajstić information content (AvgIpc) is 2.98. The number of likely N-dealkylation sites (N-methyl/N-ethyl adjacent to an activating group) is 1. The predicted octanol–water partition coefficient (Wildman–Crippen LogP) is 3.23. The molecule has 1 aliphatic rings. The van der Waals surface area contributed by atoms with Gasteiger partial charge in [0.05, 0.1) is 11.8 Å². The zero-order chi connectivity index (χ0) is 14.3. The number of fused-ring (bicyclic) bond motifs is 1. The van der Waals surface area contributed by atoms with Gasteiger partial charge >= 0.3 is 0 Å². The number of nitrogens with zero attached hydrogens (tertiary/aromatic N) is 1. The Labute approximate surface area is 125 Å². The van der Waals surface area contributed by atoms with Gasteiger partial charge in [0.15, 0.2) is 0 Å². The summed E-state index contributed by atoms with van der Waals surface area (Å²) in [5, 5.41) is 3.69. The van der Waals surface area contributed by atoms with Crippen LogP contribution in [0.5, 0.6) is 0 Å². The van der Waals surface area contributed by atoms with Crippen LogP contribution in [0.3, 0.4) is 0 Å². The normalized spacial score (nSPS) is 16.2. The summed E-state index contributed by atoms with van der Waals surface area (Å²) >= 11 is 8.03. The van der Waals surface area contributed by atoms with Gasteiger partial charge in [0.1, 0.15) is 0 Å². The van der Waals surface area contributed by atoms with Gasteiger partial charge in [-0.25, -0.2) is 0 Å². The highest BCUT2D eigenvalue weighted by Crippen LogP contribution is 2.32. The molecule has 1 unspecified atom stereocenters. The molecule has 1 atom stereocenters. The van der Waals surface area contributed by atoms with Crippen molar-refractivity contribution >= 4 is 34.8 Å². The number of carbonyl (C=O) groups is 2. The van der Waals surface area contributed by atoms with Gasteiger partial charge in [-0.05, 0) is 39.6 Å². The quantitative estimate of drug-likeness (QED) is 0.631. The van der Waals surface area contributed by atoms with E-state index in [0.29, 0.717) is 5.56 Å². The van der Waals surface area contributed by atoms with E-state index in [0.717, 1.165) is 16.7 Å². The fourth-order valence-electron chi connectivity index (χ4n) is 2.29. The molecule has 0 saturated carbocycles. The molecule has 2 heterocycles. The minimum atomic E-state index is -0.276. The third-order valence-electron chi connectivity index (χ3n) is 3.51. The maximum atomic E-state index is 12.2. The van der Waals surface area contributed by atoms with Gasteiger partial charge < -0.3 is 0 Å². The van der Waals surface area contributed by atoms with Gasteiger partial charge in [-0.1, -0.05) is 12.1 Å². The third-order valence-corrected chi connectivity index (χ3v) is 4.72. The van der Waals surface area contributed by atoms with Crippen LogP contribution in [0, 0.1) is 0 Å². The smallest absolute Gasteiger partial charge is 0.260 e. The molecule has 1 aliphatic heterocycles. The van der Waals surface area contributed by atoms with Gasteiger partial charge in [-0.3, -0.25) is 14.5 Å². The van der Waals surface area contributed by atoms with Crippen LogP contribution in [0.25, 0.3) is 0 Å². The molecule has 0 fully saturated rings. The molecule has 20 heavy (non-hydrogen) atoms. The molecule has 3 rings (SSSR count). The van der Waals surface area contributed by atoms with Crippen LogP contribution in [0.4, 0.5) is 0 Å². The molecule has 0 saturated heterocycles. The second-order valence-electron chi connectivity index (χ2n) is 4.77. The number of benzene rings is 1. The number of imide groups is 1. The van der Waals surface area contributed by atoms with E-state index >= 15 is 0 Å². The maximum absolute atomic E-state index is 12.2. The first-order valence-electron chi connectivity index (χ1n) is 6.18. The highest BCUT2D eigenvalue weighted by atomic mass is 35.5. The van der Waals surface area contributed by atoms with Crippen molar-refractivity contribution < 1.29 is 9.59 Å². The van der Waals surface area contributed by atoms with Crippen molar-refractivity contribution in [3.8, 4) is 0 Å². The molecule has 1 aromatic heterocycles. The molecular formula is C15H12ClNO2S. The lowest BCUT2D eigenvalue weighted by molar-refractivity contribution is -0.127. The average molecular weight is 306 g/mol. The summed E-state index contributed by atoms with van der Waals surface area (Å²) in [4.78, 5) is 25.0. The fourth-order valence-corrected chi connectivity index (χ4v) is 3.32. The lowest BCUT2D eigenvalue weighted by Crippen LogP contribution is -2.39. The Hall–Kier alpha value is -1.65. The summed E-state index contributed by atoms with van der Waals surface area (Å²) < 4.78 is 0. The molecule has 5 heteroatoms. The predicted molar refractivity (Wildman–Crippen MR) is 79.3 cm³/mol. The Morgan fingerprint density at radius 3 is 2.75 bits per heavy atom. The number of carbonyl (C=O) groups excluding carboxylic acids is 2. The molecule has 0 spiro atoms. The molecule has 2 amide bonds. The maximum Gasteiger partial charge on any atom is 0.260 e. The molecule has 102 valence electrons. The Morgan fingerprint density at radius 2 is 2.05 bits per heavy atom. The molecule has 0 bridgehead atoms. The Bertz CT molecular complexity index is 681. The minimum absolute atomic E-state index is 0.171. The first kappa shape index (κ1) is 13.3. The monoisotopic (exact) mass is 305 g/mol. The van der Waals surface area contributed by atoms with E-state index in [9.17, 15) is 9.59 Å². The lowest BCUT2D eigenvalue weighted by atomic mass is 9.94. The summed E-state index contributed by atoms with van der Waals surface area (Å²) in [5.41, 5.74) is 3.24. The Kier molecular flexibility index (Phi) is 3.36. The Morgan fingerprint density at radius 1 is 1.25 bits per heavy atom. The van der Waals surface area contributed by atoms with Crippen LogP contribution in [0.1, 0.15) is 32.4 Å².